The molecule has 0 spiro atoms. The Bertz CT molecular complexity index is 511. The largest absolute Gasteiger partial charge is 0.417 e. The Labute approximate surface area is 108 Å². The fourth-order valence-electron chi connectivity index (χ4n) is 1.38. The molecule has 1 heterocycles. The van der Waals surface area contributed by atoms with Crippen molar-refractivity contribution in [2.75, 3.05) is 7.05 Å². The molecule has 1 aromatic carbocycles. The minimum Gasteiger partial charge on any atom is -0.417 e. The molecular weight excluding hydrogens is 284 g/mol. The van der Waals surface area contributed by atoms with Crippen LogP contribution >= 0.6 is 15.9 Å². The summed E-state index contributed by atoms with van der Waals surface area (Å²) in [5.74, 6) is 0.712. The summed E-state index contributed by atoms with van der Waals surface area (Å²) in [5, 5.41) is 2.99. The van der Waals surface area contributed by atoms with E-state index < -0.39 is 0 Å². The Hall–Kier alpha value is -1.33. The molecule has 4 nitrogen and oxygen atoms in total. The predicted molar refractivity (Wildman–Crippen MR) is 68.2 cm³/mol. The molecule has 5 heteroatoms. The van der Waals surface area contributed by atoms with E-state index in [9.17, 15) is 0 Å². The summed E-state index contributed by atoms with van der Waals surface area (Å²) in [7, 11) is 1.85. The Morgan fingerprint density at radius 2 is 2.29 bits per heavy atom. The molecule has 1 N–H and O–H groups in total. The molecule has 0 aliphatic carbocycles. The lowest BCUT2D eigenvalue weighted by Gasteiger charge is -2.03. The van der Waals surface area contributed by atoms with E-state index in [-0.39, 0.29) is 6.08 Å². The van der Waals surface area contributed by atoms with Crippen molar-refractivity contribution in [3.05, 3.63) is 40.2 Å². The van der Waals surface area contributed by atoms with Crippen LogP contribution in [0, 0.1) is 6.92 Å². The van der Waals surface area contributed by atoms with Gasteiger partial charge >= 0.3 is 6.08 Å². The van der Waals surface area contributed by atoms with E-state index in [1.54, 1.807) is 6.26 Å². The summed E-state index contributed by atoms with van der Waals surface area (Å²) in [4.78, 5) is 4.18. The average molecular weight is 297 g/mol. The zero-order valence-corrected chi connectivity index (χ0v) is 11.2. The first-order valence-electron chi connectivity index (χ1n) is 5.22. The average Bonchev–Trinajstić information content (AvgIpc) is 2.72. The highest BCUT2D eigenvalue weighted by Crippen LogP contribution is 2.25. The van der Waals surface area contributed by atoms with E-state index in [0.717, 1.165) is 15.7 Å². The molecule has 0 amide bonds. The van der Waals surface area contributed by atoms with Gasteiger partial charge in [-0.3, -0.25) is 0 Å². The molecule has 0 aliphatic heterocycles. The summed E-state index contributed by atoms with van der Waals surface area (Å²) in [5.41, 5.74) is 1.92. The number of hydrogen-bond donors (Lipinski definition) is 1. The van der Waals surface area contributed by atoms with Gasteiger partial charge in [0.15, 0.2) is 0 Å². The zero-order valence-electron chi connectivity index (χ0n) is 9.66. The summed E-state index contributed by atoms with van der Waals surface area (Å²) < 4.78 is 11.8. The molecule has 90 valence electrons. The van der Waals surface area contributed by atoms with Crippen molar-refractivity contribution in [2.45, 2.75) is 13.5 Å². The molecule has 2 aromatic rings. The first kappa shape index (κ1) is 12.1. The van der Waals surface area contributed by atoms with Gasteiger partial charge in [-0.1, -0.05) is 15.9 Å². The van der Waals surface area contributed by atoms with Crippen LogP contribution in [0.25, 0.3) is 0 Å². The van der Waals surface area contributed by atoms with Crippen molar-refractivity contribution in [3.63, 3.8) is 0 Å². The third-order valence-electron chi connectivity index (χ3n) is 2.22. The predicted octanol–water partition coefficient (Wildman–Crippen LogP) is 3.26. The molecule has 0 atom stereocenters. The number of hydrogen-bond acceptors (Lipinski definition) is 4. The third kappa shape index (κ3) is 3.08. The third-order valence-corrected chi connectivity index (χ3v) is 3.11. The van der Waals surface area contributed by atoms with Crippen LogP contribution in [0.4, 0.5) is 0 Å². The van der Waals surface area contributed by atoms with Crippen LogP contribution in [-0.4, -0.2) is 12.0 Å². The molecule has 2 rings (SSSR count). The van der Waals surface area contributed by atoms with Gasteiger partial charge in [0.2, 0.25) is 0 Å². The van der Waals surface area contributed by atoms with E-state index in [1.807, 2.05) is 32.2 Å². The van der Waals surface area contributed by atoms with Crippen LogP contribution in [0.15, 0.2) is 33.4 Å². The first-order valence-corrected chi connectivity index (χ1v) is 6.01. The molecule has 0 fully saturated rings. The van der Waals surface area contributed by atoms with Gasteiger partial charge < -0.3 is 14.5 Å². The second-order valence-electron chi connectivity index (χ2n) is 3.65. The second-order valence-corrected chi connectivity index (χ2v) is 4.50. The quantitative estimate of drug-likeness (QED) is 0.941. The van der Waals surface area contributed by atoms with Gasteiger partial charge in [0, 0.05) is 11.0 Å². The maximum absolute atomic E-state index is 5.51. The molecule has 0 aliphatic rings. The van der Waals surface area contributed by atoms with E-state index in [2.05, 4.69) is 26.2 Å². The highest BCUT2D eigenvalue weighted by molar-refractivity contribution is 9.10. The normalized spacial score (nSPS) is 10.5. The number of nitrogens with one attached hydrogen (secondary N) is 1. The maximum atomic E-state index is 5.51. The molecule has 0 bridgehead atoms. The van der Waals surface area contributed by atoms with Gasteiger partial charge in [-0.05, 0) is 37.7 Å². The van der Waals surface area contributed by atoms with Crippen LogP contribution in [-0.2, 0) is 6.54 Å². The van der Waals surface area contributed by atoms with Crippen LogP contribution in [0.1, 0.15) is 11.3 Å². The lowest BCUT2D eigenvalue weighted by molar-refractivity contribution is 0.330. The Balaban J connectivity index is 2.11. The molecule has 17 heavy (non-hydrogen) atoms. The highest BCUT2D eigenvalue weighted by atomic mass is 79.9. The van der Waals surface area contributed by atoms with Crippen molar-refractivity contribution < 1.29 is 9.15 Å². The summed E-state index contributed by atoms with van der Waals surface area (Å²) >= 11 is 3.44. The minimum absolute atomic E-state index is 0.261. The molecule has 0 saturated carbocycles. The SMILES string of the molecule is CNCc1coc(Oc2ccc(Br)c(C)c2)n1. The van der Waals surface area contributed by atoms with Crippen LogP contribution in [0.3, 0.4) is 0 Å². The van der Waals surface area contributed by atoms with Crippen molar-refractivity contribution in [3.8, 4) is 11.8 Å². The Morgan fingerprint density at radius 3 is 3.00 bits per heavy atom. The first-order chi connectivity index (χ1) is 8.19. The maximum Gasteiger partial charge on any atom is 0.399 e. The van der Waals surface area contributed by atoms with Gasteiger partial charge in [0.1, 0.15) is 12.0 Å². The van der Waals surface area contributed by atoms with Crippen molar-refractivity contribution >= 4 is 15.9 Å². The summed E-state index contributed by atoms with van der Waals surface area (Å²) in [6, 6.07) is 5.72. The zero-order chi connectivity index (χ0) is 12.3. The lowest BCUT2D eigenvalue weighted by Crippen LogP contribution is -2.04. The number of rotatable bonds is 4. The topological polar surface area (TPSA) is 47.3 Å². The van der Waals surface area contributed by atoms with E-state index >= 15 is 0 Å². The molecule has 0 unspecified atom stereocenters. The number of aryl methyl sites for hydroxylation is 1. The van der Waals surface area contributed by atoms with Crippen molar-refractivity contribution in [1.29, 1.82) is 0 Å². The molecule has 0 radical (unpaired) electrons. The number of benzene rings is 1. The van der Waals surface area contributed by atoms with E-state index in [4.69, 9.17) is 9.15 Å². The van der Waals surface area contributed by atoms with Gasteiger partial charge in [-0.2, -0.15) is 4.98 Å². The molecular formula is C12H13BrN2O2. The fraction of sp³-hybridized carbons (Fsp3) is 0.250. The van der Waals surface area contributed by atoms with Crippen molar-refractivity contribution in [1.82, 2.24) is 10.3 Å². The lowest BCUT2D eigenvalue weighted by atomic mass is 10.2. The number of aromatic nitrogens is 1. The Morgan fingerprint density at radius 1 is 1.47 bits per heavy atom. The van der Waals surface area contributed by atoms with Crippen molar-refractivity contribution in [2.24, 2.45) is 0 Å². The van der Waals surface area contributed by atoms with E-state index in [1.165, 1.54) is 0 Å². The number of oxazole rings is 1. The Kier molecular flexibility index (Phi) is 3.81. The summed E-state index contributed by atoms with van der Waals surface area (Å²) in [6.07, 6.45) is 1.84. The second kappa shape index (κ2) is 5.33. The number of nitrogens with zero attached hydrogens (tertiary/aromatic N) is 1. The van der Waals surface area contributed by atoms with Gasteiger partial charge in [-0.15, -0.1) is 0 Å². The monoisotopic (exact) mass is 296 g/mol. The smallest absolute Gasteiger partial charge is 0.399 e. The van der Waals surface area contributed by atoms with E-state index in [0.29, 0.717) is 12.3 Å². The number of ether oxygens (including phenoxy) is 1. The highest BCUT2D eigenvalue weighted by Gasteiger charge is 2.06. The van der Waals surface area contributed by atoms with Crippen LogP contribution < -0.4 is 10.1 Å². The van der Waals surface area contributed by atoms with Crippen LogP contribution in [0.2, 0.25) is 0 Å². The van der Waals surface area contributed by atoms with Gasteiger partial charge in [-0.25, -0.2) is 0 Å². The standard InChI is InChI=1S/C12H13BrN2O2/c1-8-5-10(3-4-11(8)13)17-12-15-9(6-14-2)7-16-12/h3-5,7,14H,6H2,1-2H3. The van der Waals surface area contributed by atoms with Gasteiger partial charge in [0.25, 0.3) is 0 Å². The molecule has 0 saturated heterocycles. The van der Waals surface area contributed by atoms with Gasteiger partial charge in [0.05, 0.1) is 5.69 Å². The molecule has 1 aromatic heterocycles. The fourth-order valence-corrected chi connectivity index (χ4v) is 1.63. The van der Waals surface area contributed by atoms with Crippen LogP contribution in [0.5, 0.6) is 11.8 Å². The number of halogens is 1. The minimum atomic E-state index is 0.261. The summed E-state index contributed by atoms with van der Waals surface area (Å²) in [6.45, 7) is 2.66.